The lowest BCUT2D eigenvalue weighted by Crippen LogP contribution is -2.78. The number of hydrogen-bond acceptors (Lipinski definition) is 11. The molecule has 4 aliphatic carbocycles. The fourth-order valence-electron chi connectivity index (χ4n) is 9.64. The van der Waals surface area contributed by atoms with Crippen LogP contribution in [0.25, 0.3) is 0 Å². The second-order valence-electron chi connectivity index (χ2n) is 15.0. The Balaban J connectivity index is 1.67. The maximum Gasteiger partial charge on any atom is 0.331 e. The van der Waals surface area contributed by atoms with E-state index in [2.05, 4.69) is 0 Å². The van der Waals surface area contributed by atoms with E-state index < -0.39 is 87.1 Å². The number of Topliss-reactive ketones (excluding diaryl/α,β-unsaturated/α-hetero) is 1. The van der Waals surface area contributed by atoms with E-state index in [1.54, 1.807) is 47.6 Å². The van der Waals surface area contributed by atoms with E-state index in [4.69, 9.17) is 23.4 Å². The van der Waals surface area contributed by atoms with Crippen LogP contribution in [0.5, 0.6) is 0 Å². The van der Waals surface area contributed by atoms with Crippen LogP contribution in [0.15, 0.2) is 45.8 Å². The molecule has 0 amide bonds. The third kappa shape index (κ3) is 4.04. The molecule has 0 aromatic carbocycles. The number of methoxy groups -OCH3 is 1. The van der Waals surface area contributed by atoms with Gasteiger partial charge < -0.3 is 28.5 Å². The number of esters is 4. The van der Waals surface area contributed by atoms with Crippen LogP contribution >= 0.6 is 0 Å². The molecule has 0 saturated heterocycles. The van der Waals surface area contributed by atoms with Crippen LogP contribution < -0.4 is 0 Å². The van der Waals surface area contributed by atoms with Crippen LogP contribution in [0.3, 0.4) is 0 Å². The van der Waals surface area contributed by atoms with Crippen LogP contribution in [0.1, 0.15) is 92.2 Å². The summed E-state index contributed by atoms with van der Waals surface area (Å²) in [6, 6.07) is 1.70. The van der Waals surface area contributed by atoms with Gasteiger partial charge >= 0.3 is 23.9 Å². The van der Waals surface area contributed by atoms with Gasteiger partial charge in [-0.25, -0.2) is 4.79 Å². The number of carbonyl (C=O) groups excluding carboxylic acids is 5. The zero-order valence-electron chi connectivity index (χ0n) is 28.3. The molecule has 0 radical (unpaired) electrons. The van der Waals surface area contributed by atoms with Gasteiger partial charge in [0.25, 0.3) is 0 Å². The van der Waals surface area contributed by atoms with Gasteiger partial charge in [-0.15, -0.1) is 0 Å². The number of cyclic esters (lactones) is 1. The minimum absolute atomic E-state index is 0.0828. The molecule has 1 aromatic rings. The zero-order valence-corrected chi connectivity index (χ0v) is 28.3. The van der Waals surface area contributed by atoms with E-state index >= 15 is 4.79 Å². The number of fused-ring (bicyclic) bond motifs is 4. The normalized spacial score (nSPS) is 39.1. The average Bonchev–Trinajstić information content (AvgIpc) is 3.67. The highest BCUT2D eigenvalue weighted by molar-refractivity contribution is 6.12. The molecule has 1 aliphatic heterocycles. The Morgan fingerprint density at radius 2 is 1.81 bits per heavy atom. The van der Waals surface area contributed by atoms with Gasteiger partial charge in [0.1, 0.15) is 11.7 Å². The molecule has 5 aliphatic rings. The Morgan fingerprint density at radius 1 is 1.11 bits per heavy atom. The van der Waals surface area contributed by atoms with Crippen LogP contribution in [0.4, 0.5) is 0 Å². The summed E-state index contributed by atoms with van der Waals surface area (Å²) in [5.41, 5.74) is -6.12. The standard InChI is InChI=1S/C36H44O11/c1-9-19(4)30(41)47-36-27(39)26-21(10-12-32(5)22(26)14-25(38)45-28(32)20-11-13-44-16-20)34(7)23(15-24(37)43-8)33(6,17-35(34,36)42)31(36)46-29(40)18(2)3/h11,13-14,16,18-19,23,28,31,42H,9-10,12,15,17H2,1-8H3. The Labute approximate surface area is 274 Å². The molecule has 6 rings (SSSR count). The first-order chi connectivity index (χ1) is 22.0. The fourth-order valence-corrected chi connectivity index (χ4v) is 9.64. The predicted octanol–water partition coefficient (Wildman–Crippen LogP) is 4.72. The fraction of sp³-hybridized carbons (Fsp3) is 0.639. The lowest BCUT2D eigenvalue weighted by atomic mass is 9.43. The number of hydrogen-bond donors (Lipinski definition) is 1. The average molecular weight is 653 g/mol. The molecule has 2 heterocycles. The van der Waals surface area contributed by atoms with Gasteiger partial charge in [0, 0.05) is 39.9 Å². The first kappa shape index (κ1) is 33.2. The van der Waals surface area contributed by atoms with E-state index in [0.717, 1.165) is 0 Å². The number of furan rings is 1. The Morgan fingerprint density at radius 3 is 2.40 bits per heavy atom. The van der Waals surface area contributed by atoms with Gasteiger partial charge in [-0.2, -0.15) is 0 Å². The molecule has 9 atom stereocenters. The summed E-state index contributed by atoms with van der Waals surface area (Å²) in [5, 5.41) is 13.2. The van der Waals surface area contributed by atoms with Crippen molar-refractivity contribution < 1.29 is 52.4 Å². The van der Waals surface area contributed by atoms with Crippen molar-refractivity contribution in [1.82, 2.24) is 0 Å². The molecular formula is C36H44O11. The number of ether oxygens (including phenoxy) is 4. The lowest BCUT2D eigenvalue weighted by molar-refractivity contribution is -0.262. The highest BCUT2D eigenvalue weighted by Crippen LogP contribution is 2.80. The van der Waals surface area contributed by atoms with Crippen molar-refractivity contribution in [2.75, 3.05) is 7.11 Å². The van der Waals surface area contributed by atoms with E-state index in [-0.39, 0.29) is 18.4 Å². The second kappa shape index (κ2) is 10.6. The van der Waals surface area contributed by atoms with Crippen LogP contribution in [-0.2, 0) is 42.9 Å². The summed E-state index contributed by atoms with van der Waals surface area (Å²) in [6.45, 7) is 12.2. The third-order valence-electron chi connectivity index (χ3n) is 12.3. The van der Waals surface area contributed by atoms with Gasteiger partial charge in [-0.3, -0.25) is 19.2 Å². The van der Waals surface area contributed by atoms with Gasteiger partial charge in [-0.1, -0.05) is 48.5 Å². The molecule has 11 nitrogen and oxygen atoms in total. The summed E-state index contributed by atoms with van der Waals surface area (Å²) in [4.78, 5) is 69.1. The van der Waals surface area contributed by atoms with Gasteiger partial charge in [0.15, 0.2) is 6.10 Å². The zero-order chi connectivity index (χ0) is 34.5. The summed E-state index contributed by atoms with van der Waals surface area (Å²) in [6.07, 6.45) is 2.96. The Bertz CT molecular complexity index is 1620. The summed E-state index contributed by atoms with van der Waals surface area (Å²) in [5.74, 6) is -5.25. The summed E-state index contributed by atoms with van der Waals surface area (Å²) >= 11 is 0. The smallest absolute Gasteiger partial charge is 0.331 e. The minimum atomic E-state index is -2.36. The maximum absolute atomic E-state index is 15.5. The van der Waals surface area contributed by atoms with Gasteiger partial charge in [-0.05, 0) is 48.8 Å². The predicted molar refractivity (Wildman–Crippen MR) is 164 cm³/mol. The summed E-state index contributed by atoms with van der Waals surface area (Å²) in [7, 11) is 1.28. The summed E-state index contributed by atoms with van der Waals surface area (Å²) < 4.78 is 28.8. The molecule has 254 valence electrons. The molecule has 1 N–H and O–H groups in total. The lowest BCUT2D eigenvalue weighted by Gasteiger charge is -2.63. The topological polar surface area (TPSA) is 156 Å². The van der Waals surface area contributed by atoms with Crippen molar-refractivity contribution in [3.05, 3.63) is 47.0 Å². The Kier molecular flexibility index (Phi) is 7.51. The molecule has 11 heteroatoms. The first-order valence-electron chi connectivity index (χ1n) is 16.4. The minimum Gasteiger partial charge on any atom is -0.472 e. The van der Waals surface area contributed by atoms with Gasteiger partial charge in [0.05, 0.1) is 31.5 Å². The molecule has 2 saturated carbocycles. The molecular weight excluding hydrogens is 608 g/mol. The van der Waals surface area contributed by atoms with E-state index in [1.807, 2.05) is 6.92 Å². The molecule has 1 aromatic heterocycles. The number of ketones is 1. The van der Waals surface area contributed by atoms with E-state index in [9.17, 15) is 24.3 Å². The number of carbonyl (C=O) groups is 5. The maximum atomic E-state index is 15.5. The van der Waals surface area contributed by atoms with Gasteiger partial charge in [0.2, 0.25) is 11.4 Å². The first-order valence-corrected chi connectivity index (χ1v) is 16.4. The molecule has 9 unspecified atom stereocenters. The Hall–Kier alpha value is -3.73. The van der Waals surface area contributed by atoms with Crippen molar-refractivity contribution in [2.45, 2.75) is 104 Å². The van der Waals surface area contributed by atoms with Crippen LogP contribution in [0, 0.1) is 34.0 Å². The van der Waals surface area contributed by atoms with Crippen molar-refractivity contribution in [3.63, 3.8) is 0 Å². The second-order valence-corrected chi connectivity index (χ2v) is 15.0. The number of rotatable bonds is 8. The highest BCUT2D eigenvalue weighted by atomic mass is 16.6. The molecule has 2 fully saturated rings. The van der Waals surface area contributed by atoms with E-state index in [1.165, 1.54) is 25.7 Å². The highest BCUT2D eigenvalue weighted by Gasteiger charge is 2.91. The quantitative estimate of drug-likeness (QED) is 0.306. The molecule has 2 bridgehead atoms. The molecule has 47 heavy (non-hydrogen) atoms. The van der Waals surface area contributed by atoms with Crippen LogP contribution in [-0.4, -0.2) is 59.2 Å². The van der Waals surface area contributed by atoms with E-state index in [0.29, 0.717) is 36.0 Å². The monoisotopic (exact) mass is 652 g/mol. The SMILES string of the molecule is CCC(C)C(=O)OC12C(=O)C3=C(CCC4(C)C3=CC(=O)OC4c3ccoc3)C3(C)C(CC(=O)OC)C(C)(CC31O)C2OC(=O)C(C)C. The van der Waals surface area contributed by atoms with Crippen molar-refractivity contribution in [2.24, 2.45) is 34.0 Å². The molecule has 0 spiro atoms. The number of aliphatic hydroxyl groups is 1. The van der Waals surface area contributed by atoms with Crippen molar-refractivity contribution >= 4 is 29.7 Å². The largest absolute Gasteiger partial charge is 0.472 e. The van der Waals surface area contributed by atoms with Crippen LogP contribution in [0.2, 0.25) is 0 Å². The van der Waals surface area contributed by atoms with Crippen molar-refractivity contribution in [3.8, 4) is 0 Å². The van der Waals surface area contributed by atoms with Crippen molar-refractivity contribution in [1.29, 1.82) is 0 Å². The third-order valence-corrected chi connectivity index (χ3v) is 12.3.